The van der Waals surface area contributed by atoms with Crippen LogP contribution in [-0.2, 0) is 11.8 Å². The molecule has 1 amide bonds. The first-order chi connectivity index (χ1) is 12.6. The number of ether oxygens (including phenoxy) is 2. The summed E-state index contributed by atoms with van der Waals surface area (Å²) in [5.74, 6) is 0.425. The minimum Gasteiger partial charge on any atom is -0.494 e. The summed E-state index contributed by atoms with van der Waals surface area (Å²) in [6.45, 7) is 2.54. The van der Waals surface area contributed by atoms with Gasteiger partial charge in [0.25, 0.3) is 5.91 Å². The van der Waals surface area contributed by atoms with Gasteiger partial charge in [0, 0.05) is 30.8 Å². The van der Waals surface area contributed by atoms with Gasteiger partial charge in [-0.15, -0.1) is 0 Å². The number of nitrogens with one attached hydrogen (secondary N) is 2. The van der Waals surface area contributed by atoms with Crippen LogP contribution in [0.2, 0.25) is 0 Å². The van der Waals surface area contributed by atoms with Crippen molar-refractivity contribution in [1.82, 2.24) is 25.3 Å². The van der Waals surface area contributed by atoms with Gasteiger partial charge >= 0.3 is 0 Å². The van der Waals surface area contributed by atoms with E-state index < -0.39 is 0 Å². The van der Waals surface area contributed by atoms with E-state index in [2.05, 4.69) is 20.6 Å². The van der Waals surface area contributed by atoms with E-state index in [1.54, 1.807) is 11.8 Å². The SMILES string of the molecule is COc1cccc2c(C(=O)N[C@H]3CCO[C@@H]3c3cn(C)nc3C)n[nH]c12. The van der Waals surface area contributed by atoms with Gasteiger partial charge in [-0.05, 0) is 19.4 Å². The van der Waals surface area contributed by atoms with Crippen molar-refractivity contribution in [3.05, 3.63) is 41.3 Å². The summed E-state index contributed by atoms with van der Waals surface area (Å²) < 4.78 is 12.9. The Bertz CT molecular complexity index is 961. The number of carbonyl (C=O) groups is 1. The number of para-hydroxylation sites is 1. The van der Waals surface area contributed by atoms with E-state index in [1.807, 2.05) is 38.4 Å². The largest absolute Gasteiger partial charge is 0.494 e. The van der Waals surface area contributed by atoms with E-state index in [9.17, 15) is 4.79 Å². The molecular formula is C18H21N5O3. The van der Waals surface area contributed by atoms with Crippen LogP contribution in [0.15, 0.2) is 24.4 Å². The van der Waals surface area contributed by atoms with Crippen LogP contribution in [0.4, 0.5) is 0 Å². The molecule has 1 saturated heterocycles. The van der Waals surface area contributed by atoms with E-state index in [-0.39, 0.29) is 18.1 Å². The Morgan fingerprint density at radius 2 is 2.31 bits per heavy atom. The van der Waals surface area contributed by atoms with Crippen molar-refractivity contribution in [3.8, 4) is 5.75 Å². The Kier molecular flexibility index (Phi) is 4.12. The van der Waals surface area contributed by atoms with Gasteiger partial charge in [0.05, 0.1) is 18.8 Å². The van der Waals surface area contributed by atoms with Crippen molar-refractivity contribution in [2.75, 3.05) is 13.7 Å². The third-order valence-electron chi connectivity index (χ3n) is 4.76. The molecule has 8 heteroatoms. The maximum absolute atomic E-state index is 12.8. The van der Waals surface area contributed by atoms with Gasteiger partial charge in [0.1, 0.15) is 17.4 Å². The zero-order chi connectivity index (χ0) is 18.3. The van der Waals surface area contributed by atoms with Gasteiger partial charge in [-0.25, -0.2) is 0 Å². The van der Waals surface area contributed by atoms with Crippen LogP contribution < -0.4 is 10.1 Å². The number of carbonyl (C=O) groups excluding carboxylic acids is 1. The van der Waals surface area contributed by atoms with Gasteiger partial charge in [0.2, 0.25) is 0 Å². The van der Waals surface area contributed by atoms with E-state index in [1.165, 1.54) is 0 Å². The number of fused-ring (bicyclic) bond motifs is 1. The quantitative estimate of drug-likeness (QED) is 0.745. The topological polar surface area (TPSA) is 94.1 Å². The van der Waals surface area contributed by atoms with Crippen molar-refractivity contribution in [1.29, 1.82) is 0 Å². The van der Waals surface area contributed by atoms with Gasteiger partial charge in [0.15, 0.2) is 5.69 Å². The number of amides is 1. The predicted molar refractivity (Wildman–Crippen MR) is 95.2 cm³/mol. The van der Waals surface area contributed by atoms with E-state index in [0.29, 0.717) is 23.6 Å². The zero-order valence-corrected chi connectivity index (χ0v) is 14.9. The Labute approximate surface area is 150 Å². The number of methoxy groups -OCH3 is 1. The number of aromatic nitrogens is 4. The summed E-state index contributed by atoms with van der Waals surface area (Å²) in [6, 6.07) is 5.40. The summed E-state index contributed by atoms with van der Waals surface area (Å²) >= 11 is 0. The maximum Gasteiger partial charge on any atom is 0.272 e. The average Bonchev–Trinajstić information content (AvgIpc) is 3.32. The highest BCUT2D eigenvalue weighted by Gasteiger charge is 2.34. The number of aryl methyl sites for hydroxylation is 2. The molecule has 0 aliphatic carbocycles. The molecule has 8 nitrogen and oxygen atoms in total. The molecule has 0 spiro atoms. The Hall–Kier alpha value is -2.87. The second kappa shape index (κ2) is 6.45. The molecule has 0 bridgehead atoms. The molecule has 0 radical (unpaired) electrons. The van der Waals surface area contributed by atoms with Crippen molar-refractivity contribution in [3.63, 3.8) is 0 Å². The maximum atomic E-state index is 12.8. The third kappa shape index (κ3) is 2.72. The summed E-state index contributed by atoms with van der Waals surface area (Å²) in [6.07, 6.45) is 2.49. The fourth-order valence-corrected chi connectivity index (χ4v) is 3.54. The Balaban J connectivity index is 1.59. The minimum absolute atomic E-state index is 0.122. The molecule has 136 valence electrons. The van der Waals surface area contributed by atoms with Gasteiger partial charge in [-0.3, -0.25) is 14.6 Å². The number of benzene rings is 1. The molecule has 2 aromatic heterocycles. The fraction of sp³-hybridized carbons (Fsp3) is 0.389. The smallest absolute Gasteiger partial charge is 0.272 e. The number of nitrogens with zero attached hydrogens (tertiary/aromatic N) is 3. The molecule has 3 aromatic rings. The van der Waals surface area contributed by atoms with Crippen LogP contribution in [0, 0.1) is 6.92 Å². The van der Waals surface area contributed by atoms with E-state index in [0.717, 1.165) is 23.1 Å². The van der Waals surface area contributed by atoms with Crippen molar-refractivity contribution >= 4 is 16.8 Å². The Morgan fingerprint density at radius 1 is 1.46 bits per heavy atom. The third-order valence-corrected chi connectivity index (χ3v) is 4.76. The van der Waals surface area contributed by atoms with E-state index >= 15 is 0 Å². The molecule has 26 heavy (non-hydrogen) atoms. The number of rotatable bonds is 4. The van der Waals surface area contributed by atoms with Crippen LogP contribution in [0.3, 0.4) is 0 Å². The minimum atomic E-state index is -0.230. The molecule has 3 heterocycles. The number of hydrogen-bond acceptors (Lipinski definition) is 5. The molecule has 1 aromatic carbocycles. The van der Waals surface area contributed by atoms with Crippen LogP contribution in [0.25, 0.3) is 10.9 Å². The molecule has 1 aliphatic rings. The second-order valence-corrected chi connectivity index (χ2v) is 6.46. The lowest BCUT2D eigenvalue weighted by atomic mass is 10.0. The summed E-state index contributed by atoms with van der Waals surface area (Å²) in [4.78, 5) is 12.8. The average molecular weight is 355 g/mol. The van der Waals surface area contributed by atoms with Crippen molar-refractivity contribution in [2.24, 2.45) is 7.05 Å². The van der Waals surface area contributed by atoms with Gasteiger partial charge in [-0.2, -0.15) is 10.2 Å². The highest BCUT2D eigenvalue weighted by molar-refractivity contribution is 6.06. The van der Waals surface area contributed by atoms with Crippen LogP contribution in [0.5, 0.6) is 5.75 Å². The van der Waals surface area contributed by atoms with Crippen LogP contribution >= 0.6 is 0 Å². The Morgan fingerprint density at radius 3 is 3.04 bits per heavy atom. The highest BCUT2D eigenvalue weighted by Crippen LogP contribution is 2.31. The number of hydrogen-bond donors (Lipinski definition) is 2. The summed E-state index contributed by atoms with van der Waals surface area (Å²) in [7, 11) is 3.47. The zero-order valence-electron chi connectivity index (χ0n) is 14.9. The second-order valence-electron chi connectivity index (χ2n) is 6.46. The van der Waals surface area contributed by atoms with E-state index in [4.69, 9.17) is 9.47 Å². The lowest BCUT2D eigenvalue weighted by molar-refractivity contribution is 0.0817. The fourth-order valence-electron chi connectivity index (χ4n) is 3.54. The first kappa shape index (κ1) is 16.6. The van der Waals surface area contributed by atoms with Crippen molar-refractivity contribution in [2.45, 2.75) is 25.5 Å². The highest BCUT2D eigenvalue weighted by atomic mass is 16.5. The van der Waals surface area contributed by atoms with Crippen LogP contribution in [-0.4, -0.2) is 45.6 Å². The first-order valence-electron chi connectivity index (χ1n) is 8.52. The lowest BCUT2D eigenvalue weighted by Crippen LogP contribution is -2.37. The summed E-state index contributed by atoms with van der Waals surface area (Å²) in [5, 5.41) is 15.3. The van der Waals surface area contributed by atoms with Gasteiger partial charge in [-0.1, -0.05) is 12.1 Å². The molecule has 0 unspecified atom stereocenters. The monoisotopic (exact) mass is 355 g/mol. The summed E-state index contributed by atoms with van der Waals surface area (Å²) in [5.41, 5.74) is 2.98. The molecule has 4 rings (SSSR count). The lowest BCUT2D eigenvalue weighted by Gasteiger charge is -2.19. The number of aromatic amines is 1. The van der Waals surface area contributed by atoms with Crippen molar-refractivity contribution < 1.29 is 14.3 Å². The predicted octanol–water partition coefficient (Wildman–Crippen LogP) is 1.87. The first-order valence-corrected chi connectivity index (χ1v) is 8.52. The molecule has 1 fully saturated rings. The standard InChI is InChI=1S/C18H21N5O3/c1-10-12(9-23(2)22-10)17-13(7-8-26-17)19-18(24)16-11-5-4-6-14(25-3)15(11)20-21-16/h4-6,9,13,17H,7-8H2,1-3H3,(H,19,24)(H,20,21)/t13-,17+/m0/s1. The molecule has 1 aliphatic heterocycles. The number of H-pyrrole nitrogens is 1. The van der Waals surface area contributed by atoms with Crippen LogP contribution in [0.1, 0.15) is 34.3 Å². The normalized spacial score (nSPS) is 19.8. The molecule has 0 saturated carbocycles. The van der Waals surface area contributed by atoms with Gasteiger partial charge < -0.3 is 14.8 Å². The molecular weight excluding hydrogens is 334 g/mol. The molecule has 2 N–H and O–H groups in total. The molecule has 2 atom stereocenters.